The van der Waals surface area contributed by atoms with Crippen LogP contribution >= 0.6 is 0 Å². The van der Waals surface area contributed by atoms with E-state index < -0.39 is 17.5 Å². The first-order valence-electron chi connectivity index (χ1n) is 6.90. The molecule has 1 aliphatic rings. The van der Waals surface area contributed by atoms with Gasteiger partial charge < -0.3 is 14.7 Å². The van der Waals surface area contributed by atoms with Crippen LogP contribution in [0.3, 0.4) is 0 Å². The summed E-state index contributed by atoms with van der Waals surface area (Å²) in [6, 6.07) is 16.4. The van der Waals surface area contributed by atoms with E-state index in [1.54, 1.807) is 24.3 Å². The number of carbonyl (C=O) groups is 2. The summed E-state index contributed by atoms with van der Waals surface area (Å²) >= 11 is 0. The number of benzene rings is 2. The van der Waals surface area contributed by atoms with Gasteiger partial charge in [0.05, 0.1) is 12.2 Å². The third-order valence-electron chi connectivity index (χ3n) is 3.72. The molecule has 0 saturated carbocycles. The fourth-order valence-electron chi connectivity index (χ4n) is 2.46. The van der Waals surface area contributed by atoms with Crippen molar-refractivity contribution >= 4 is 17.6 Å². The lowest BCUT2D eigenvalue weighted by Gasteiger charge is -2.38. The predicted molar refractivity (Wildman–Crippen MR) is 80.7 cm³/mol. The minimum absolute atomic E-state index is 0.295. The van der Waals surface area contributed by atoms with Crippen molar-refractivity contribution in [2.75, 3.05) is 4.90 Å². The van der Waals surface area contributed by atoms with Gasteiger partial charge in [-0.15, -0.1) is 0 Å². The maximum atomic E-state index is 12.7. The Bertz CT molecular complexity index is 728. The number of fused-ring (bicyclic) bond motifs is 1. The molecule has 0 spiro atoms. The fraction of sp³-hybridized carbons (Fsp3) is 0.176. The number of para-hydroxylation sites is 2. The highest BCUT2D eigenvalue weighted by molar-refractivity contribution is 6.14. The van der Waals surface area contributed by atoms with Crippen molar-refractivity contribution in [3.05, 3.63) is 60.2 Å². The molecule has 1 heterocycles. The normalized spacial score (nSPS) is 20.2. The highest BCUT2D eigenvalue weighted by atomic mass is 16.5. The second kappa shape index (κ2) is 5.18. The van der Waals surface area contributed by atoms with Crippen LogP contribution in [-0.2, 0) is 16.1 Å². The van der Waals surface area contributed by atoms with Crippen molar-refractivity contribution in [3.63, 3.8) is 0 Å². The standard InChI is InChI=1S/C17H15NO4/c1-17(16(20)21)15(19)18(11-12-7-3-2-4-8-12)13-9-5-6-10-14(13)22-17/h2-10H,11H2,1H3,(H,20,21). The van der Waals surface area contributed by atoms with Gasteiger partial charge in [0.15, 0.2) is 0 Å². The van der Waals surface area contributed by atoms with E-state index in [-0.39, 0.29) is 0 Å². The Morgan fingerprint density at radius 3 is 2.45 bits per heavy atom. The first-order valence-corrected chi connectivity index (χ1v) is 6.90. The number of ether oxygens (including phenoxy) is 1. The Labute approximate surface area is 127 Å². The molecule has 2 aromatic carbocycles. The maximum absolute atomic E-state index is 12.7. The molecule has 5 nitrogen and oxygen atoms in total. The summed E-state index contributed by atoms with van der Waals surface area (Å²) in [7, 11) is 0. The van der Waals surface area contributed by atoms with E-state index in [2.05, 4.69) is 0 Å². The number of hydrogen-bond donors (Lipinski definition) is 1. The van der Waals surface area contributed by atoms with Crippen LogP contribution in [0, 0.1) is 0 Å². The molecule has 1 aliphatic heterocycles. The molecule has 0 saturated heterocycles. The molecular formula is C17H15NO4. The summed E-state index contributed by atoms with van der Waals surface area (Å²) in [4.78, 5) is 25.7. The van der Waals surface area contributed by atoms with Gasteiger partial charge in [0.1, 0.15) is 5.75 Å². The Balaban J connectivity index is 2.06. The summed E-state index contributed by atoms with van der Waals surface area (Å²) < 4.78 is 5.47. The van der Waals surface area contributed by atoms with E-state index in [4.69, 9.17) is 4.74 Å². The van der Waals surface area contributed by atoms with Crippen LogP contribution < -0.4 is 9.64 Å². The Kier molecular flexibility index (Phi) is 3.33. The Hall–Kier alpha value is -2.82. The SMILES string of the molecule is CC1(C(=O)O)Oc2ccccc2N(Cc2ccccc2)C1=O. The van der Waals surface area contributed by atoms with Crippen molar-refractivity contribution < 1.29 is 19.4 Å². The number of rotatable bonds is 3. The number of carboxylic acid groups (broad SMARTS) is 1. The molecule has 1 unspecified atom stereocenters. The van der Waals surface area contributed by atoms with Gasteiger partial charge >= 0.3 is 5.97 Å². The molecular weight excluding hydrogens is 282 g/mol. The van der Waals surface area contributed by atoms with Crippen molar-refractivity contribution in [3.8, 4) is 5.75 Å². The molecule has 0 bridgehead atoms. The van der Waals surface area contributed by atoms with Crippen LogP contribution in [-0.4, -0.2) is 22.6 Å². The van der Waals surface area contributed by atoms with Gasteiger partial charge in [-0.25, -0.2) is 4.79 Å². The minimum Gasteiger partial charge on any atom is -0.478 e. The van der Waals surface area contributed by atoms with E-state index in [0.29, 0.717) is 18.0 Å². The number of nitrogens with zero attached hydrogens (tertiary/aromatic N) is 1. The average Bonchev–Trinajstić information content (AvgIpc) is 2.52. The zero-order valence-corrected chi connectivity index (χ0v) is 12.0. The smallest absolute Gasteiger partial charge is 0.357 e. The maximum Gasteiger partial charge on any atom is 0.357 e. The molecule has 5 heteroatoms. The van der Waals surface area contributed by atoms with Gasteiger partial charge in [0.25, 0.3) is 11.5 Å². The van der Waals surface area contributed by atoms with Gasteiger partial charge in [-0.3, -0.25) is 4.79 Å². The van der Waals surface area contributed by atoms with Gasteiger partial charge in [-0.1, -0.05) is 42.5 Å². The van der Waals surface area contributed by atoms with E-state index >= 15 is 0 Å². The lowest BCUT2D eigenvalue weighted by atomic mass is 10.0. The molecule has 112 valence electrons. The first-order chi connectivity index (χ1) is 10.5. The van der Waals surface area contributed by atoms with Gasteiger partial charge in [-0.2, -0.15) is 0 Å². The van der Waals surface area contributed by atoms with Crippen LogP contribution in [0.4, 0.5) is 5.69 Å². The van der Waals surface area contributed by atoms with Gasteiger partial charge in [0, 0.05) is 0 Å². The molecule has 0 aromatic heterocycles. The number of hydrogen-bond acceptors (Lipinski definition) is 3. The van der Waals surface area contributed by atoms with Crippen LogP contribution in [0.1, 0.15) is 12.5 Å². The molecule has 1 N–H and O–H groups in total. The van der Waals surface area contributed by atoms with E-state index in [1.807, 2.05) is 30.3 Å². The number of aliphatic carboxylic acids is 1. The third kappa shape index (κ3) is 2.20. The number of carboxylic acids is 1. The molecule has 0 aliphatic carbocycles. The Morgan fingerprint density at radius 1 is 1.14 bits per heavy atom. The zero-order chi connectivity index (χ0) is 15.7. The zero-order valence-electron chi connectivity index (χ0n) is 12.0. The summed E-state index contributed by atoms with van der Waals surface area (Å²) in [5.41, 5.74) is -0.418. The Morgan fingerprint density at radius 2 is 1.77 bits per heavy atom. The van der Waals surface area contributed by atoms with Crippen LogP contribution in [0.5, 0.6) is 5.75 Å². The summed E-state index contributed by atoms with van der Waals surface area (Å²) in [5, 5.41) is 9.40. The van der Waals surface area contributed by atoms with Gasteiger partial charge in [-0.05, 0) is 24.6 Å². The topological polar surface area (TPSA) is 66.8 Å². The van der Waals surface area contributed by atoms with Crippen LogP contribution in [0.2, 0.25) is 0 Å². The molecule has 3 rings (SSSR count). The second-order valence-corrected chi connectivity index (χ2v) is 5.29. The molecule has 0 fully saturated rings. The second-order valence-electron chi connectivity index (χ2n) is 5.29. The third-order valence-corrected chi connectivity index (χ3v) is 3.72. The lowest BCUT2D eigenvalue weighted by molar-refractivity contribution is -0.161. The van der Waals surface area contributed by atoms with E-state index in [9.17, 15) is 14.7 Å². The molecule has 1 atom stereocenters. The average molecular weight is 297 g/mol. The largest absolute Gasteiger partial charge is 0.478 e. The van der Waals surface area contributed by atoms with E-state index in [0.717, 1.165) is 5.56 Å². The lowest BCUT2D eigenvalue weighted by Crippen LogP contribution is -2.58. The highest BCUT2D eigenvalue weighted by Crippen LogP contribution is 2.38. The molecule has 1 amide bonds. The van der Waals surface area contributed by atoms with Crippen molar-refractivity contribution in [2.45, 2.75) is 19.1 Å². The van der Waals surface area contributed by atoms with Crippen LogP contribution in [0.15, 0.2) is 54.6 Å². The molecule has 22 heavy (non-hydrogen) atoms. The molecule has 0 radical (unpaired) electrons. The van der Waals surface area contributed by atoms with Crippen molar-refractivity contribution in [1.29, 1.82) is 0 Å². The van der Waals surface area contributed by atoms with Crippen molar-refractivity contribution in [1.82, 2.24) is 0 Å². The number of anilines is 1. The summed E-state index contributed by atoms with van der Waals surface area (Å²) in [5.74, 6) is -1.49. The first kappa shape index (κ1) is 14.1. The predicted octanol–water partition coefficient (Wildman–Crippen LogP) is 2.46. The van der Waals surface area contributed by atoms with E-state index in [1.165, 1.54) is 11.8 Å². The van der Waals surface area contributed by atoms with Crippen molar-refractivity contribution in [2.24, 2.45) is 0 Å². The fourth-order valence-corrected chi connectivity index (χ4v) is 2.46. The molecule has 2 aromatic rings. The highest BCUT2D eigenvalue weighted by Gasteiger charge is 2.50. The van der Waals surface area contributed by atoms with Gasteiger partial charge in [0.2, 0.25) is 0 Å². The van der Waals surface area contributed by atoms with Crippen LogP contribution in [0.25, 0.3) is 0 Å². The summed E-state index contributed by atoms with van der Waals surface area (Å²) in [6.07, 6.45) is 0. The summed E-state index contributed by atoms with van der Waals surface area (Å²) in [6.45, 7) is 1.58. The number of carbonyl (C=O) groups excluding carboxylic acids is 1. The quantitative estimate of drug-likeness (QED) is 0.884. The monoisotopic (exact) mass is 297 g/mol. The minimum atomic E-state index is -1.91. The number of amides is 1.